The lowest BCUT2D eigenvalue weighted by Gasteiger charge is -2.05. The van der Waals surface area contributed by atoms with Crippen LogP contribution >= 0.6 is 11.3 Å². The topological polar surface area (TPSA) is 24.9 Å². The van der Waals surface area contributed by atoms with Crippen LogP contribution in [0.15, 0.2) is 54.6 Å². The van der Waals surface area contributed by atoms with Crippen molar-refractivity contribution in [1.29, 1.82) is 0 Å². The SMILES string of the molecule is C=CNc1nc(-c2cccc3cc(C)ccc23)cs1. The third kappa shape index (κ3) is 2.25. The number of nitrogens with one attached hydrogen (secondary N) is 1. The largest absolute Gasteiger partial charge is 0.339 e. The van der Waals surface area contributed by atoms with E-state index < -0.39 is 0 Å². The van der Waals surface area contributed by atoms with E-state index in [2.05, 4.69) is 65.6 Å². The Morgan fingerprint density at radius 1 is 1.26 bits per heavy atom. The van der Waals surface area contributed by atoms with Crippen molar-refractivity contribution in [2.45, 2.75) is 6.92 Å². The predicted molar refractivity (Wildman–Crippen MR) is 83.6 cm³/mol. The van der Waals surface area contributed by atoms with Crippen molar-refractivity contribution in [3.8, 4) is 11.3 Å². The van der Waals surface area contributed by atoms with Gasteiger partial charge < -0.3 is 5.32 Å². The Morgan fingerprint density at radius 2 is 2.16 bits per heavy atom. The van der Waals surface area contributed by atoms with Crippen LogP contribution in [0.2, 0.25) is 0 Å². The zero-order chi connectivity index (χ0) is 13.2. The van der Waals surface area contributed by atoms with E-state index in [9.17, 15) is 0 Å². The summed E-state index contributed by atoms with van der Waals surface area (Å²) in [5, 5.41) is 8.46. The molecule has 94 valence electrons. The summed E-state index contributed by atoms with van der Waals surface area (Å²) in [6.45, 7) is 5.77. The minimum Gasteiger partial charge on any atom is -0.339 e. The van der Waals surface area contributed by atoms with Crippen molar-refractivity contribution in [3.05, 3.63) is 60.1 Å². The van der Waals surface area contributed by atoms with Gasteiger partial charge in [-0.25, -0.2) is 4.98 Å². The molecule has 0 amide bonds. The molecule has 1 heterocycles. The highest BCUT2D eigenvalue weighted by molar-refractivity contribution is 7.14. The van der Waals surface area contributed by atoms with E-state index in [0.29, 0.717) is 0 Å². The molecule has 0 aliphatic heterocycles. The predicted octanol–water partition coefficient (Wildman–Crippen LogP) is 4.83. The molecule has 0 saturated heterocycles. The molecule has 0 aliphatic carbocycles. The van der Waals surface area contributed by atoms with E-state index in [-0.39, 0.29) is 0 Å². The van der Waals surface area contributed by atoms with E-state index >= 15 is 0 Å². The van der Waals surface area contributed by atoms with Gasteiger partial charge in [0.05, 0.1) is 5.69 Å². The zero-order valence-corrected chi connectivity index (χ0v) is 11.5. The van der Waals surface area contributed by atoms with Crippen molar-refractivity contribution >= 4 is 27.2 Å². The smallest absolute Gasteiger partial charge is 0.187 e. The van der Waals surface area contributed by atoms with Gasteiger partial charge in [0.25, 0.3) is 0 Å². The molecule has 0 atom stereocenters. The first-order chi connectivity index (χ1) is 9.28. The monoisotopic (exact) mass is 266 g/mol. The molecule has 0 bridgehead atoms. The average molecular weight is 266 g/mol. The molecule has 3 heteroatoms. The molecule has 1 N–H and O–H groups in total. The maximum absolute atomic E-state index is 4.58. The molecule has 0 unspecified atom stereocenters. The first-order valence-corrected chi connectivity index (χ1v) is 6.98. The van der Waals surface area contributed by atoms with Crippen molar-refractivity contribution < 1.29 is 0 Å². The first-order valence-electron chi connectivity index (χ1n) is 6.10. The van der Waals surface area contributed by atoms with Crippen LogP contribution < -0.4 is 5.32 Å². The zero-order valence-electron chi connectivity index (χ0n) is 10.7. The fourth-order valence-corrected chi connectivity index (χ4v) is 2.88. The number of aryl methyl sites for hydroxylation is 1. The van der Waals surface area contributed by atoms with Crippen LogP contribution in [0, 0.1) is 6.92 Å². The number of rotatable bonds is 3. The molecule has 0 saturated carbocycles. The second-order valence-electron chi connectivity index (χ2n) is 4.42. The Hall–Kier alpha value is -2.13. The third-order valence-electron chi connectivity index (χ3n) is 3.04. The van der Waals surface area contributed by atoms with E-state index in [1.54, 1.807) is 17.5 Å². The fourth-order valence-electron chi connectivity index (χ4n) is 2.18. The maximum atomic E-state index is 4.58. The Balaban J connectivity index is 2.15. The summed E-state index contributed by atoms with van der Waals surface area (Å²) < 4.78 is 0. The number of hydrogen-bond donors (Lipinski definition) is 1. The summed E-state index contributed by atoms with van der Waals surface area (Å²) in [5.41, 5.74) is 3.45. The average Bonchev–Trinajstić information content (AvgIpc) is 2.86. The second-order valence-corrected chi connectivity index (χ2v) is 5.27. The van der Waals surface area contributed by atoms with Crippen molar-refractivity contribution in [3.63, 3.8) is 0 Å². The molecule has 3 rings (SSSR count). The molecule has 0 spiro atoms. The molecule has 0 aliphatic rings. The third-order valence-corrected chi connectivity index (χ3v) is 3.82. The van der Waals surface area contributed by atoms with E-state index in [1.807, 2.05) is 0 Å². The van der Waals surface area contributed by atoms with Gasteiger partial charge in [-0.2, -0.15) is 0 Å². The van der Waals surface area contributed by atoms with Crippen molar-refractivity contribution in [2.75, 3.05) is 5.32 Å². The summed E-state index contributed by atoms with van der Waals surface area (Å²) in [5.74, 6) is 0. The number of benzene rings is 2. The maximum Gasteiger partial charge on any atom is 0.187 e. The van der Waals surface area contributed by atoms with Gasteiger partial charge in [0.15, 0.2) is 5.13 Å². The fraction of sp³-hybridized carbons (Fsp3) is 0.0625. The Kier molecular flexibility index (Phi) is 3.05. The van der Waals surface area contributed by atoms with Gasteiger partial charge in [0.2, 0.25) is 0 Å². The van der Waals surface area contributed by atoms with Crippen LogP contribution in [0.25, 0.3) is 22.0 Å². The highest BCUT2D eigenvalue weighted by Crippen LogP contribution is 2.31. The molecule has 0 radical (unpaired) electrons. The number of thiazole rings is 1. The number of nitrogens with zero attached hydrogens (tertiary/aromatic N) is 1. The van der Waals surface area contributed by atoms with Gasteiger partial charge in [-0.15, -0.1) is 11.3 Å². The summed E-state index contributed by atoms with van der Waals surface area (Å²) in [6.07, 6.45) is 1.65. The molecular weight excluding hydrogens is 252 g/mol. The molecule has 3 aromatic rings. The number of aromatic nitrogens is 1. The summed E-state index contributed by atoms with van der Waals surface area (Å²) in [7, 11) is 0. The van der Waals surface area contributed by atoms with Crippen LogP contribution in [0.5, 0.6) is 0 Å². The van der Waals surface area contributed by atoms with Gasteiger partial charge in [-0.3, -0.25) is 0 Å². The molecule has 2 aromatic carbocycles. The Labute approximate surface area is 116 Å². The number of hydrogen-bond acceptors (Lipinski definition) is 3. The van der Waals surface area contributed by atoms with Gasteiger partial charge >= 0.3 is 0 Å². The van der Waals surface area contributed by atoms with E-state index in [1.165, 1.54) is 21.9 Å². The van der Waals surface area contributed by atoms with Gasteiger partial charge in [-0.1, -0.05) is 48.5 Å². The minimum absolute atomic E-state index is 0.870. The first kappa shape index (κ1) is 11.9. The molecular formula is C16H14N2S. The number of anilines is 1. The highest BCUT2D eigenvalue weighted by atomic mass is 32.1. The van der Waals surface area contributed by atoms with Crippen molar-refractivity contribution in [1.82, 2.24) is 4.98 Å². The Bertz CT molecular complexity index is 743. The van der Waals surface area contributed by atoms with Crippen LogP contribution in [-0.2, 0) is 0 Å². The Morgan fingerprint density at radius 3 is 3.00 bits per heavy atom. The van der Waals surface area contributed by atoms with E-state index in [0.717, 1.165) is 10.8 Å². The lowest BCUT2D eigenvalue weighted by molar-refractivity contribution is 1.39. The summed E-state index contributed by atoms with van der Waals surface area (Å²) in [4.78, 5) is 4.58. The van der Waals surface area contributed by atoms with Crippen LogP contribution in [0.3, 0.4) is 0 Å². The van der Waals surface area contributed by atoms with Crippen LogP contribution in [-0.4, -0.2) is 4.98 Å². The molecule has 1 aromatic heterocycles. The number of fused-ring (bicyclic) bond motifs is 1. The second kappa shape index (κ2) is 4.86. The normalized spacial score (nSPS) is 10.6. The standard InChI is InChI=1S/C16H14N2S/c1-3-17-16-18-15(10-19-16)14-6-4-5-12-9-11(2)7-8-13(12)14/h3-10H,1H2,2H3,(H,17,18). The van der Waals surface area contributed by atoms with Gasteiger partial charge in [0.1, 0.15) is 0 Å². The molecule has 0 fully saturated rings. The quantitative estimate of drug-likeness (QED) is 0.734. The minimum atomic E-state index is 0.870. The van der Waals surface area contributed by atoms with Gasteiger partial charge in [-0.05, 0) is 23.9 Å². The highest BCUT2D eigenvalue weighted by Gasteiger charge is 2.07. The van der Waals surface area contributed by atoms with Crippen LogP contribution in [0.1, 0.15) is 5.56 Å². The van der Waals surface area contributed by atoms with Crippen LogP contribution in [0.4, 0.5) is 5.13 Å². The molecule has 2 nitrogen and oxygen atoms in total. The lowest BCUT2D eigenvalue weighted by atomic mass is 10.0. The molecule has 19 heavy (non-hydrogen) atoms. The van der Waals surface area contributed by atoms with Crippen molar-refractivity contribution in [2.24, 2.45) is 0 Å². The summed E-state index contributed by atoms with van der Waals surface area (Å²) >= 11 is 1.59. The summed E-state index contributed by atoms with van der Waals surface area (Å²) in [6, 6.07) is 12.8. The lowest BCUT2D eigenvalue weighted by Crippen LogP contribution is -1.86. The van der Waals surface area contributed by atoms with Gasteiger partial charge in [0, 0.05) is 10.9 Å². The van der Waals surface area contributed by atoms with E-state index in [4.69, 9.17) is 0 Å².